The van der Waals surface area contributed by atoms with Gasteiger partial charge in [-0.3, -0.25) is 4.79 Å². The number of benzene rings is 2. The molecule has 0 unspecified atom stereocenters. The second kappa shape index (κ2) is 10.5. The van der Waals surface area contributed by atoms with Gasteiger partial charge in [-0.15, -0.1) is 0 Å². The van der Waals surface area contributed by atoms with Crippen LogP contribution >= 0.6 is 0 Å². The van der Waals surface area contributed by atoms with Gasteiger partial charge in [-0.1, -0.05) is 18.2 Å². The number of nitrogens with one attached hydrogen (secondary N) is 1. The Morgan fingerprint density at radius 1 is 1.09 bits per heavy atom. The second-order valence-electron chi connectivity index (χ2n) is 7.32. The fourth-order valence-electron chi connectivity index (χ4n) is 3.55. The van der Waals surface area contributed by atoms with Gasteiger partial charge in [0.05, 0.1) is 30.9 Å². The number of sulfonamides is 1. The summed E-state index contributed by atoms with van der Waals surface area (Å²) in [5, 5.41) is 13.1. The minimum absolute atomic E-state index is 0.0733. The van der Waals surface area contributed by atoms with Crippen LogP contribution in [0.25, 0.3) is 0 Å². The van der Waals surface area contributed by atoms with E-state index in [1.54, 1.807) is 18.2 Å². The summed E-state index contributed by atoms with van der Waals surface area (Å²) < 4.78 is 37.7. The molecule has 11 heteroatoms. The molecule has 1 aliphatic rings. The summed E-state index contributed by atoms with van der Waals surface area (Å²) in [7, 11) is -0.853. The molecule has 1 fully saturated rings. The minimum atomic E-state index is -3.75. The third-order valence-electron chi connectivity index (χ3n) is 5.39. The molecule has 3 rings (SSSR count). The summed E-state index contributed by atoms with van der Waals surface area (Å²) in [5.74, 6) is -1.10. The molecular weight excluding hydrogens is 450 g/mol. The molecule has 33 heavy (non-hydrogen) atoms. The van der Waals surface area contributed by atoms with Gasteiger partial charge in [0.15, 0.2) is 11.5 Å². The Morgan fingerprint density at radius 2 is 1.76 bits per heavy atom. The summed E-state index contributed by atoms with van der Waals surface area (Å²) in [6.07, 6.45) is 1.94. The SMILES string of the molecule is COc1ccc(S(=O)(=O)N2CCC(C(=O)N/N=C\c3ccccc3C(=O)O)CC2)cc1OC. The number of hydrogen-bond donors (Lipinski definition) is 2. The van der Waals surface area contributed by atoms with E-state index in [-0.39, 0.29) is 29.5 Å². The Hall–Kier alpha value is -3.44. The molecule has 0 spiro atoms. The van der Waals surface area contributed by atoms with Gasteiger partial charge in [-0.25, -0.2) is 18.6 Å². The van der Waals surface area contributed by atoms with Crippen LogP contribution in [0.15, 0.2) is 52.5 Å². The molecule has 0 atom stereocenters. The number of methoxy groups -OCH3 is 2. The van der Waals surface area contributed by atoms with Crippen LogP contribution in [0.2, 0.25) is 0 Å². The van der Waals surface area contributed by atoms with Crippen molar-refractivity contribution in [3.8, 4) is 11.5 Å². The highest BCUT2D eigenvalue weighted by molar-refractivity contribution is 7.89. The standard InChI is InChI=1S/C22H25N3O7S/c1-31-19-8-7-17(13-20(19)32-2)33(29,30)25-11-9-15(10-12-25)21(26)24-23-14-16-5-3-4-6-18(16)22(27)28/h3-8,13-15H,9-12H2,1-2H3,(H,24,26)(H,27,28)/b23-14-. The van der Waals surface area contributed by atoms with E-state index in [0.717, 1.165) is 0 Å². The van der Waals surface area contributed by atoms with E-state index in [4.69, 9.17) is 9.47 Å². The lowest BCUT2D eigenvalue weighted by Gasteiger charge is -2.30. The zero-order valence-corrected chi connectivity index (χ0v) is 19.0. The zero-order valence-electron chi connectivity index (χ0n) is 18.2. The summed E-state index contributed by atoms with van der Waals surface area (Å²) in [6.45, 7) is 0.362. The van der Waals surface area contributed by atoms with Gasteiger partial charge >= 0.3 is 5.97 Å². The van der Waals surface area contributed by atoms with E-state index in [0.29, 0.717) is 29.9 Å². The van der Waals surface area contributed by atoms with Gasteiger partial charge < -0.3 is 14.6 Å². The van der Waals surface area contributed by atoms with Crippen LogP contribution < -0.4 is 14.9 Å². The van der Waals surface area contributed by atoms with Crippen molar-refractivity contribution < 1.29 is 32.6 Å². The van der Waals surface area contributed by atoms with Gasteiger partial charge in [0, 0.05) is 30.6 Å². The number of rotatable bonds is 8. The Balaban J connectivity index is 1.60. The first-order valence-corrected chi connectivity index (χ1v) is 11.6. The number of aromatic carboxylic acids is 1. The van der Waals surface area contributed by atoms with Crippen LogP contribution in [0.4, 0.5) is 0 Å². The van der Waals surface area contributed by atoms with Crippen molar-refractivity contribution in [2.45, 2.75) is 17.7 Å². The maximum atomic E-state index is 13.0. The van der Waals surface area contributed by atoms with Gasteiger partial charge in [0.2, 0.25) is 15.9 Å². The zero-order chi connectivity index (χ0) is 24.0. The number of piperidine rings is 1. The average Bonchev–Trinajstić information content (AvgIpc) is 2.83. The molecule has 2 aromatic carbocycles. The Kier molecular flexibility index (Phi) is 7.67. The lowest BCUT2D eigenvalue weighted by atomic mass is 9.98. The van der Waals surface area contributed by atoms with Crippen LogP contribution in [0, 0.1) is 5.92 Å². The topological polar surface area (TPSA) is 135 Å². The van der Waals surface area contributed by atoms with Crippen molar-refractivity contribution >= 4 is 28.1 Å². The molecule has 2 N–H and O–H groups in total. The third-order valence-corrected chi connectivity index (χ3v) is 7.28. The molecule has 2 aromatic rings. The van der Waals surface area contributed by atoms with E-state index in [1.165, 1.54) is 49.0 Å². The highest BCUT2D eigenvalue weighted by Crippen LogP contribution is 2.32. The fourth-order valence-corrected chi connectivity index (χ4v) is 5.03. The summed E-state index contributed by atoms with van der Waals surface area (Å²) >= 11 is 0. The van der Waals surface area contributed by atoms with E-state index < -0.39 is 21.9 Å². The molecule has 176 valence electrons. The predicted molar refractivity (Wildman–Crippen MR) is 120 cm³/mol. The van der Waals surface area contributed by atoms with Crippen molar-refractivity contribution in [3.05, 3.63) is 53.6 Å². The van der Waals surface area contributed by atoms with Crippen molar-refractivity contribution in [3.63, 3.8) is 0 Å². The van der Waals surface area contributed by atoms with Gasteiger partial charge in [0.25, 0.3) is 0 Å². The normalized spacial score (nSPS) is 15.3. The number of carboxylic acids is 1. The summed E-state index contributed by atoms with van der Waals surface area (Å²) in [4.78, 5) is 23.8. The predicted octanol–water partition coefficient (Wildman–Crippen LogP) is 1.95. The Bertz CT molecular complexity index is 1160. The molecule has 0 saturated carbocycles. The van der Waals surface area contributed by atoms with Crippen molar-refractivity contribution in [1.82, 2.24) is 9.73 Å². The molecule has 0 radical (unpaired) electrons. The number of carboxylic acid groups (broad SMARTS) is 1. The number of amides is 1. The molecule has 0 bridgehead atoms. The van der Waals surface area contributed by atoms with Crippen molar-refractivity contribution in [2.24, 2.45) is 11.0 Å². The molecule has 1 aliphatic heterocycles. The molecule has 0 aliphatic carbocycles. The first kappa shape index (κ1) is 24.2. The quantitative estimate of drug-likeness (QED) is 0.440. The number of hydrogen-bond acceptors (Lipinski definition) is 7. The molecule has 0 aromatic heterocycles. The number of nitrogens with zero attached hydrogens (tertiary/aromatic N) is 2. The van der Waals surface area contributed by atoms with Crippen molar-refractivity contribution in [1.29, 1.82) is 0 Å². The smallest absolute Gasteiger partial charge is 0.336 e. The fraction of sp³-hybridized carbons (Fsp3) is 0.318. The van der Waals surface area contributed by atoms with Gasteiger partial charge in [-0.2, -0.15) is 9.41 Å². The third kappa shape index (κ3) is 5.49. The molecule has 1 amide bonds. The average molecular weight is 476 g/mol. The highest BCUT2D eigenvalue weighted by Gasteiger charge is 2.32. The largest absolute Gasteiger partial charge is 0.493 e. The molecule has 10 nitrogen and oxygen atoms in total. The maximum Gasteiger partial charge on any atom is 0.336 e. The van der Waals surface area contributed by atoms with Crippen LogP contribution in [0.3, 0.4) is 0 Å². The maximum absolute atomic E-state index is 13.0. The Labute approximate surface area is 191 Å². The first-order valence-electron chi connectivity index (χ1n) is 10.2. The molecule has 1 saturated heterocycles. The monoisotopic (exact) mass is 475 g/mol. The number of hydrazone groups is 1. The minimum Gasteiger partial charge on any atom is -0.493 e. The lowest BCUT2D eigenvalue weighted by Crippen LogP contribution is -2.42. The van der Waals surface area contributed by atoms with E-state index in [2.05, 4.69) is 10.5 Å². The van der Waals surface area contributed by atoms with E-state index >= 15 is 0 Å². The Morgan fingerprint density at radius 3 is 2.39 bits per heavy atom. The van der Waals surface area contributed by atoms with E-state index in [9.17, 15) is 23.1 Å². The first-order chi connectivity index (χ1) is 15.8. The van der Waals surface area contributed by atoms with Crippen LogP contribution in [0.5, 0.6) is 11.5 Å². The number of carbonyl (C=O) groups excluding carboxylic acids is 1. The highest BCUT2D eigenvalue weighted by atomic mass is 32.2. The van der Waals surface area contributed by atoms with E-state index in [1.807, 2.05) is 0 Å². The van der Waals surface area contributed by atoms with Crippen molar-refractivity contribution in [2.75, 3.05) is 27.3 Å². The van der Waals surface area contributed by atoms with Crippen LogP contribution in [0.1, 0.15) is 28.8 Å². The lowest BCUT2D eigenvalue weighted by molar-refractivity contribution is -0.126. The van der Waals surface area contributed by atoms with Gasteiger partial charge in [0.1, 0.15) is 0 Å². The summed E-state index contributed by atoms with van der Waals surface area (Å²) in [6, 6.07) is 10.7. The second-order valence-corrected chi connectivity index (χ2v) is 9.26. The number of ether oxygens (including phenoxy) is 2. The number of carbonyl (C=O) groups is 2. The summed E-state index contributed by atoms with van der Waals surface area (Å²) in [5.41, 5.74) is 2.85. The molecular formula is C22H25N3O7S. The molecule has 1 heterocycles. The van der Waals surface area contributed by atoms with Crippen LogP contribution in [-0.2, 0) is 14.8 Å². The van der Waals surface area contributed by atoms with Crippen LogP contribution in [-0.4, -0.2) is 63.2 Å². The van der Waals surface area contributed by atoms with Gasteiger partial charge in [-0.05, 0) is 31.0 Å².